The smallest absolute Gasteiger partial charge is 0.161 e. The van der Waals surface area contributed by atoms with Crippen LogP contribution in [0.3, 0.4) is 0 Å². The molecule has 5 heteroatoms. The first-order valence-corrected chi connectivity index (χ1v) is 6.65. The van der Waals surface area contributed by atoms with Crippen LogP contribution in [0.1, 0.15) is 18.6 Å². The van der Waals surface area contributed by atoms with Crippen molar-refractivity contribution in [1.29, 1.82) is 5.26 Å². The summed E-state index contributed by atoms with van der Waals surface area (Å²) in [5.41, 5.74) is 1.83. The molecular formula is C13H15BrN2O2. The number of rotatable bonds is 2. The van der Waals surface area contributed by atoms with E-state index >= 15 is 0 Å². The molecule has 1 N–H and O–H groups in total. The number of nitriles is 1. The van der Waals surface area contributed by atoms with Crippen molar-refractivity contribution < 1.29 is 9.84 Å². The molecule has 1 aromatic carbocycles. The van der Waals surface area contributed by atoms with Crippen molar-refractivity contribution in [3.05, 3.63) is 28.2 Å². The van der Waals surface area contributed by atoms with Crippen molar-refractivity contribution in [3.8, 4) is 6.07 Å². The zero-order chi connectivity index (χ0) is 13.1. The number of hydrogen-bond acceptors (Lipinski definition) is 4. The van der Waals surface area contributed by atoms with Gasteiger partial charge in [0.05, 0.1) is 25.3 Å². The van der Waals surface area contributed by atoms with Crippen molar-refractivity contribution in [2.45, 2.75) is 19.1 Å². The van der Waals surface area contributed by atoms with Crippen molar-refractivity contribution >= 4 is 21.6 Å². The molecule has 1 aliphatic rings. The van der Waals surface area contributed by atoms with Crippen LogP contribution in [-0.2, 0) is 4.74 Å². The third-order valence-corrected chi connectivity index (χ3v) is 3.49. The number of nitrogens with zero attached hydrogens (tertiary/aromatic N) is 2. The maximum atomic E-state index is 9.81. The Hall–Kier alpha value is -1.09. The number of morpholine rings is 1. The molecule has 0 amide bonds. The van der Waals surface area contributed by atoms with Gasteiger partial charge in [-0.15, -0.1) is 0 Å². The predicted octanol–water partition coefficient (Wildman–Crippen LogP) is 2.23. The number of benzene rings is 1. The topological polar surface area (TPSA) is 56.5 Å². The molecule has 1 aliphatic heterocycles. The molecule has 96 valence electrons. The van der Waals surface area contributed by atoms with E-state index in [1.54, 1.807) is 6.92 Å². The first kappa shape index (κ1) is 13.3. The van der Waals surface area contributed by atoms with Gasteiger partial charge in [-0.05, 0) is 19.1 Å². The number of halogens is 1. The van der Waals surface area contributed by atoms with Gasteiger partial charge in [-0.25, -0.2) is 0 Å². The fourth-order valence-corrected chi connectivity index (χ4v) is 2.44. The Bertz CT molecular complexity index is 471. The molecule has 4 nitrogen and oxygen atoms in total. The Kier molecular flexibility index (Phi) is 4.23. The molecule has 2 rings (SSSR count). The van der Waals surface area contributed by atoms with Crippen LogP contribution in [0.15, 0.2) is 22.7 Å². The third-order valence-electron chi connectivity index (χ3n) is 2.99. The summed E-state index contributed by atoms with van der Waals surface area (Å²) >= 11 is 3.44. The molecule has 2 atom stereocenters. The molecule has 0 radical (unpaired) electrons. The van der Waals surface area contributed by atoms with Crippen LogP contribution in [0.5, 0.6) is 0 Å². The molecule has 0 aromatic heterocycles. The molecule has 1 fully saturated rings. The van der Waals surface area contributed by atoms with Gasteiger partial charge in [0.25, 0.3) is 0 Å². The van der Waals surface area contributed by atoms with Crippen LogP contribution in [0.4, 0.5) is 5.69 Å². The largest absolute Gasteiger partial charge is 0.389 e. The lowest BCUT2D eigenvalue weighted by molar-refractivity contribution is 0.0761. The van der Waals surface area contributed by atoms with Crippen LogP contribution in [-0.4, -0.2) is 30.9 Å². The zero-order valence-corrected chi connectivity index (χ0v) is 11.7. The van der Waals surface area contributed by atoms with Crippen molar-refractivity contribution in [2.75, 3.05) is 24.6 Å². The molecule has 18 heavy (non-hydrogen) atoms. The van der Waals surface area contributed by atoms with Gasteiger partial charge in [0.2, 0.25) is 0 Å². The van der Waals surface area contributed by atoms with Crippen LogP contribution >= 0.6 is 15.9 Å². The summed E-state index contributed by atoms with van der Waals surface area (Å²) in [7, 11) is 0. The monoisotopic (exact) mass is 310 g/mol. The summed E-state index contributed by atoms with van der Waals surface area (Å²) in [6.07, 6.45) is -0.934. The summed E-state index contributed by atoms with van der Waals surface area (Å²) in [6.45, 7) is 3.54. The van der Waals surface area contributed by atoms with Crippen molar-refractivity contribution in [1.82, 2.24) is 0 Å². The van der Waals surface area contributed by atoms with E-state index in [9.17, 15) is 5.11 Å². The second-order valence-electron chi connectivity index (χ2n) is 4.31. The number of aliphatic hydroxyl groups is 1. The minimum atomic E-state index is -0.531. The number of aliphatic hydroxyl groups excluding tert-OH is 1. The van der Waals surface area contributed by atoms with E-state index in [1.165, 1.54) is 0 Å². The minimum absolute atomic E-state index is 0.403. The second kappa shape index (κ2) is 5.70. The molecule has 2 unspecified atom stereocenters. The highest BCUT2D eigenvalue weighted by atomic mass is 79.9. The maximum Gasteiger partial charge on any atom is 0.161 e. The van der Waals surface area contributed by atoms with Crippen LogP contribution < -0.4 is 4.90 Å². The summed E-state index contributed by atoms with van der Waals surface area (Å²) in [5.74, 6) is 0. The molecule has 0 spiro atoms. The Labute approximate surface area is 115 Å². The van der Waals surface area contributed by atoms with E-state index in [2.05, 4.69) is 26.9 Å². The predicted molar refractivity (Wildman–Crippen MR) is 72.3 cm³/mol. The van der Waals surface area contributed by atoms with E-state index in [0.717, 1.165) is 22.3 Å². The maximum absolute atomic E-state index is 9.81. The lowest BCUT2D eigenvalue weighted by Crippen LogP contribution is -2.42. The molecular weight excluding hydrogens is 296 g/mol. The normalized spacial score (nSPS) is 21.4. The van der Waals surface area contributed by atoms with Gasteiger partial charge in [-0.1, -0.05) is 22.0 Å². The van der Waals surface area contributed by atoms with Crippen LogP contribution in [0.25, 0.3) is 0 Å². The van der Waals surface area contributed by atoms with Gasteiger partial charge in [0.15, 0.2) is 6.10 Å². The first-order chi connectivity index (χ1) is 8.61. The lowest BCUT2D eigenvalue weighted by atomic mass is 10.1. The highest BCUT2D eigenvalue weighted by Crippen LogP contribution is 2.30. The quantitative estimate of drug-likeness (QED) is 0.910. The Morgan fingerprint density at radius 3 is 3.06 bits per heavy atom. The summed E-state index contributed by atoms with van der Waals surface area (Å²) in [4.78, 5) is 2.09. The van der Waals surface area contributed by atoms with Crippen molar-refractivity contribution in [3.63, 3.8) is 0 Å². The average molecular weight is 311 g/mol. The SMILES string of the molecule is CC(O)c1ccc(Br)cc1N1CCOC(C#N)C1. The Morgan fingerprint density at radius 2 is 2.39 bits per heavy atom. The standard InChI is InChI=1S/C13H15BrN2O2/c1-9(17)12-3-2-10(14)6-13(12)16-4-5-18-11(7-15)8-16/h2-3,6,9,11,17H,4-5,8H2,1H3. The first-order valence-electron chi connectivity index (χ1n) is 5.85. The van der Waals surface area contributed by atoms with Gasteiger partial charge >= 0.3 is 0 Å². The van der Waals surface area contributed by atoms with Gasteiger partial charge in [0.1, 0.15) is 0 Å². The highest BCUT2D eigenvalue weighted by Gasteiger charge is 2.23. The molecule has 1 heterocycles. The van der Waals surface area contributed by atoms with Gasteiger partial charge in [0, 0.05) is 22.3 Å². The van der Waals surface area contributed by atoms with Gasteiger partial charge in [-0.3, -0.25) is 0 Å². The summed E-state index contributed by atoms with van der Waals surface area (Å²) in [6, 6.07) is 7.92. The molecule has 0 aliphatic carbocycles. The molecule has 0 bridgehead atoms. The van der Waals surface area contributed by atoms with E-state index in [-0.39, 0.29) is 0 Å². The fourth-order valence-electron chi connectivity index (χ4n) is 2.09. The van der Waals surface area contributed by atoms with Crippen LogP contribution in [0, 0.1) is 11.3 Å². The number of ether oxygens (including phenoxy) is 1. The Morgan fingerprint density at radius 1 is 1.61 bits per heavy atom. The lowest BCUT2D eigenvalue weighted by Gasteiger charge is -2.33. The van der Waals surface area contributed by atoms with E-state index in [1.807, 2.05) is 18.2 Å². The summed E-state index contributed by atoms with van der Waals surface area (Å²) in [5, 5.41) is 18.7. The Balaban J connectivity index is 2.31. The zero-order valence-electron chi connectivity index (χ0n) is 10.1. The average Bonchev–Trinajstić information content (AvgIpc) is 2.38. The van der Waals surface area contributed by atoms with Crippen LogP contribution in [0.2, 0.25) is 0 Å². The summed E-state index contributed by atoms with van der Waals surface area (Å²) < 4.78 is 6.29. The highest BCUT2D eigenvalue weighted by molar-refractivity contribution is 9.10. The van der Waals surface area contributed by atoms with Crippen molar-refractivity contribution in [2.24, 2.45) is 0 Å². The molecule has 0 saturated carbocycles. The van der Waals surface area contributed by atoms with Gasteiger partial charge < -0.3 is 14.7 Å². The van der Waals surface area contributed by atoms with Gasteiger partial charge in [-0.2, -0.15) is 5.26 Å². The van der Waals surface area contributed by atoms with E-state index < -0.39 is 12.2 Å². The fraction of sp³-hybridized carbons (Fsp3) is 0.462. The third kappa shape index (κ3) is 2.83. The molecule has 1 saturated heterocycles. The van der Waals surface area contributed by atoms with E-state index in [4.69, 9.17) is 10.00 Å². The van der Waals surface area contributed by atoms with E-state index in [0.29, 0.717) is 13.2 Å². The number of hydrogen-bond donors (Lipinski definition) is 1. The second-order valence-corrected chi connectivity index (χ2v) is 5.23. The molecule has 1 aromatic rings. The minimum Gasteiger partial charge on any atom is -0.389 e. The number of anilines is 1.